The molecule has 0 amide bonds. The number of carbonyl (C=O) groups is 1. The van der Waals surface area contributed by atoms with Gasteiger partial charge in [0.05, 0.1) is 6.61 Å². The molecule has 1 atom stereocenters. The van der Waals surface area contributed by atoms with Crippen molar-refractivity contribution in [1.29, 1.82) is 0 Å². The van der Waals surface area contributed by atoms with E-state index < -0.39 is 5.54 Å². The van der Waals surface area contributed by atoms with Gasteiger partial charge in [-0.05, 0) is 56.9 Å². The summed E-state index contributed by atoms with van der Waals surface area (Å²) in [6.07, 6.45) is 6.79. The second kappa shape index (κ2) is 5.20. The molecule has 0 bridgehead atoms. The summed E-state index contributed by atoms with van der Waals surface area (Å²) < 4.78 is 5.33. The van der Waals surface area contributed by atoms with Crippen molar-refractivity contribution >= 4 is 5.97 Å². The van der Waals surface area contributed by atoms with Crippen molar-refractivity contribution in [2.24, 2.45) is 11.3 Å². The maximum atomic E-state index is 12.4. The summed E-state index contributed by atoms with van der Waals surface area (Å²) in [5.74, 6) is 0.764. The summed E-state index contributed by atoms with van der Waals surface area (Å²) in [5.41, 5.74) is -0.179. The SMILES string of the molecule is CCOC(=O)C1(NCC2CC2)CCCC(C)(C)C1. The van der Waals surface area contributed by atoms with E-state index in [-0.39, 0.29) is 11.4 Å². The second-order valence-electron chi connectivity index (χ2n) is 6.82. The van der Waals surface area contributed by atoms with Gasteiger partial charge in [0.25, 0.3) is 0 Å². The molecule has 0 aromatic rings. The molecular weight excluding hydrogens is 226 g/mol. The van der Waals surface area contributed by atoms with Crippen molar-refractivity contribution < 1.29 is 9.53 Å². The van der Waals surface area contributed by atoms with Crippen LogP contribution in [0.5, 0.6) is 0 Å². The van der Waals surface area contributed by atoms with Gasteiger partial charge in [-0.2, -0.15) is 0 Å². The summed E-state index contributed by atoms with van der Waals surface area (Å²) in [5, 5.41) is 3.56. The maximum absolute atomic E-state index is 12.4. The Labute approximate surface area is 111 Å². The van der Waals surface area contributed by atoms with Gasteiger partial charge in [-0.1, -0.05) is 20.3 Å². The Hall–Kier alpha value is -0.570. The van der Waals surface area contributed by atoms with Gasteiger partial charge < -0.3 is 10.1 Å². The van der Waals surface area contributed by atoms with Crippen LogP contribution in [0, 0.1) is 11.3 Å². The molecule has 0 spiro atoms. The standard InChI is InChI=1S/C15H27NO2/c1-4-18-13(17)15(16-10-12-6-7-12)9-5-8-14(2,3)11-15/h12,16H,4-11H2,1-3H3. The van der Waals surface area contributed by atoms with Crippen LogP contribution in [0.15, 0.2) is 0 Å². The number of hydrogen-bond acceptors (Lipinski definition) is 3. The predicted molar refractivity (Wildman–Crippen MR) is 72.3 cm³/mol. The lowest BCUT2D eigenvalue weighted by atomic mass is 9.68. The molecule has 0 radical (unpaired) electrons. The lowest BCUT2D eigenvalue weighted by molar-refractivity contribution is -0.154. The monoisotopic (exact) mass is 253 g/mol. The number of carbonyl (C=O) groups excluding carboxylic acids is 1. The Balaban J connectivity index is 2.06. The average molecular weight is 253 g/mol. The van der Waals surface area contributed by atoms with E-state index in [1.807, 2.05) is 6.92 Å². The first-order chi connectivity index (χ1) is 8.47. The minimum absolute atomic E-state index is 0.0292. The topological polar surface area (TPSA) is 38.3 Å². The predicted octanol–water partition coefficient (Wildman–Crippen LogP) is 2.89. The molecule has 2 fully saturated rings. The summed E-state index contributed by atoms with van der Waals surface area (Å²) >= 11 is 0. The van der Waals surface area contributed by atoms with Gasteiger partial charge in [-0.3, -0.25) is 4.79 Å². The number of rotatable bonds is 5. The van der Waals surface area contributed by atoms with E-state index in [4.69, 9.17) is 4.74 Å². The van der Waals surface area contributed by atoms with Gasteiger partial charge in [0.1, 0.15) is 5.54 Å². The maximum Gasteiger partial charge on any atom is 0.326 e. The number of esters is 1. The van der Waals surface area contributed by atoms with Crippen LogP contribution in [-0.2, 0) is 9.53 Å². The van der Waals surface area contributed by atoms with Gasteiger partial charge in [0, 0.05) is 0 Å². The van der Waals surface area contributed by atoms with Crippen LogP contribution < -0.4 is 5.32 Å². The quantitative estimate of drug-likeness (QED) is 0.766. The van der Waals surface area contributed by atoms with Gasteiger partial charge in [-0.15, -0.1) is 0 Å². The van der Waals surface area contributed by atoms with Gasteiger partial charge in [0.15, 0.2) is 0 Å². The summed E-state index contributed by atoms with van der Waals surface area (Å²) in [6, 6.07) is 0. The summed E-state index contributed by atoms with van der Waals surface area (Å²) in [7, 11) is 0. The minimum atomic E-state index is -0.416. The second-order valence-corrected chi connectivity index (χ2v) is 6.82. The first kappa shape index (κ1) is 13.9. The molecule has 2 aliphatic rings. The Bertz CT molecular complexity index is 310. The number of nitrogens with one attached hydrogen (secondary N) is 1. The van der Waals surface area contributed by atoms with E-state index in [2.05, 4.69) is 19.2 Å². The zero-order chi connectivity index (χ0) is 13.2. The highest BCUT2D eigenvalue weighted by molar-refractivity contribution is 5.81. The zero-order valence-corrected chi connectivity index (χ0v) is 12.1. The van der Waals surface area contributed by atoms with E-state index >= 15 is 0 Å². The largest absolute Gasteiger partial charge is 0.465 e. The van der Waals surface area contributed by atoms with Crippen molar-refractivity contribution in [3.63, 3.8) is 0 Å². The highest BCUT2D eigenvalue weighted by atomic mass is 16.5. The van der Waals surface area contributed by atoms with Crippen LogP contribution in [0.25, 0.3) is 0 Å². The van der Waals surface area contributed by atoms with E-state index in [0.29, 0.717) is 6.61 Å². The molecule has 2 rings (SSSR count). The van der Waals surface area contributed by atoms with Gasteiger partial charge in [-0.25, -0.2) is 0 Å². The van der Waals surface area contributed by atoms with Crippen LogP contribution in [0.3, 0.4) is 0 Å². The van der Waals surface area contributed by atoms with E-state index in [9.17, 15) is 4.79 Å². The van der Waals surface area contributed by atoms with Crippen LogP contribution in [0.1, 0.15) is 59.3 Å². The zero-order valence-electron chi connectivity index (χ0n) is 12.1. The molecule has 18 heavy (non-hydrogen) atoms. The number of hydrogen-bond donors (Lipinski definition) is 1. The van der Waals surface area contributed by atoms with E-state index in [0.717, 1.165) is 31.7 Å². The van der Waals surface area contributed by atoms with E-state index in [1.54, 1.807) is 0 Å². The Morgan fingerprint density at radius 2 is 2.06 bits per heavy atom. The molecule has 104 valence electrons. The van der Waals surface area contributed by atoms with Crippen LogP contribution in [0.2, 0.25) is 0 Å². The average Bonchev–Trinajstić information content (AvgIpc) is 3.09. The molecule has 2 saturated carbocycles. The normalized spacial score (nSPS) is 31.1. The van der Waals surface area contributed by atoms with Crippen molar-refractivity contribution in [3.8, 4) is 0 Å². The van der Waals surface area contributed by atoms with E-state index in [1.165, 1.54) is 19.3 Å². The smallest absolute Gasteiger partial charge is 0.326 e. The highest BCUT2D eigenvalue weighted by Crippen LogP contribution is 2.42. The van der Waals surface area contributed by atoms with Crippen molar-refractivity contribution in [3.05, 3.63) is 0 Å². The Morgan fingerprint density at radius 3 is 2.61 bits per heavy atom. The molecule has 1 N–H and O–H groups in total. The summed E-state index contributed by atoms with van der Waals surface area (Å²) in [4.78, 5) is 12.4. The molecule has 0 aromatic heterocycles. The molecule has 3 heteroatoms. The first-order valence-corrected chi connectivity index (χ1v) is 7.40. The highest BCUT2D eigenvalue weighted by Gasteiger charge is 2.47. The Morgan fingerprint density at radius 1 is 1.33 bits per heavy atom. The molecule has 3 nitrogen and oxygen atoms in total. The lowest BCUT2D eigenvalue weighted by Gasteiger charge is -2.43. The molecule has 1 unspecified atom stereocenters. The van der Waals surface area contributed by atoms with Crippen LogP contribution in [-0.4, -0.2) is 24.7 Å². The third kappa shape index (κ3) is 3.25. The van der Waals surface area contributed by atoms with Crippen molar-refractivity contribution in [2.75, 3.05) is 13.2 Å². The molecule has 0 heterocycles. The fourth-order valence-corrected chi connectivity index (χ4v) is 3.19. The lowest BCUT2D eigenvalue weighted by Crippen LogP contribution is -2.57. The molecule has 0 saturated heterocycles. The molecule has 0 aromatic carbocycles. The number of ether oxygens (including phenoxy) is 1. The molecule has 2 aliphatic carbocycles. The first-order valence-electron chi connectivity index (χ1n) is 7.40. The minimum Gasteiger partial charge on any atom is -0.465 e. The molecule has 0 aliphatic heterocycles. The van der Waals surface area contributed by atoms with Crippen molar-refractivity contribution in [2.45, 2.75) is 64.8 Å². The van der Waals surface area contributed by atoms with Gasteiger partial charge >= 0.3 is 5.97 Å². The molecular formula is C15H27NO2. The fourth-order valence-electron chi connectivity index (χ4n) is 3.19. The van der Waals surface area contributed by atoms with Crippen LogP contribution in [0.4, 0.5) is 0 Å². The Kier molecular flexibility index (Phi) is 4.00. The third-order valence-corrected chi connectivity index (χ3v) is 4.33. The van der Waals surface area contributed by atoms with Gasteiger partial charge in [0.2, 0.25) is 0 Å². The third-order valence-electron chi connectivity index (χ3n) is 4.33. The van der Waals surface area contributed by atoms with Crippen LogP contribution >= 0.6 is 0 Å². The van der Waals surface area contributed by atoms with Crippen molar-refractivity contribution in [1.82, 2.24) is 5.32 Å². The fraction of sp³-hybridized carbons (Fsp3) is 0.933. The summed E-state index contributed by atoms with van der Waals surface area (Å²) in [6.45, 7) is 7.87.